The van der Waals surface area contributed by atoms with E-state index in [0.717, 1.165) is 39.2 Å². The first kappa shape index (κ1) is 14.4. The third-order valence-electron chi connectivity index (χ3n) is 3.15. The maximum atomic E-state index is 11.6. The Morgan fingerprint density at radius 3 is 2.88 bits per heavy atom. The smallest absolute Gasteiger partial charge is 0.324 e. The number of likely N-dealkylation sites (tertiary alicyclic amines) is 1. The molecule has 0 saturated carbocycles. The molecule has 0 aromatic heterocycles. The summed E-state index contributed by atoms with van der Waals surface area (Å²) in [5.41, 5.74) is 0. The molecule has 2 atom stereocenters. The first-order valence-electron chi connectivity index (χ1n) is 6.23. The van der Waals surface area contributed by atoms with E-state index >= 15 is 0 Å². The molecule has 1 N–H and O–H groups in total. The average Bonchev–Trinajstić information content (AvgIpc) is 2.76. The van der Waals surface area contributed by atoms with Crippen LogP contribution in [0.5, 0.6) is 0 Å². The Hall–Kier alpha value is -0.650. The molecule has 5 nitrogen and oxygen atoms in total. The SMILES string of the molecule is CCNC(CN1CCC(COC)C1)C(=O)OC. The summed E-state index contributed by atoms with van der Waals surface area (Å²) >= 11 is 0. The van der Waals surface area contributed by atoms with Crippen molar-refractivity contribution in [1.29, 1.82) is 0 Å². The lowest BCUT2D eigenvalue weighted by atomic mass is 10.1. The molecule has 1 heterocycles. The Labute approximate surface area is 103 Å². The summed E-state index contributed by atoms with van der Waals surface area (Å²) in [4.78, 5) is 13.9. The summed E-state index contributed by atoms with van der Waals surface area (Å²) in [5.74, 6) is 0.418. The van der Waals surface area contributed by atoms with E-state index < -0.39 is 0 Å². The molecule has 0 radical (unpaired) electrons. The van der Waals surface area contributed by atoms with Gasteiger partial charge in [-0.1, -0.05) is 6.92 Å². The maximum Gasteiger partial charge on any atom is 0.324 e. The lowest BCUT2D eigenvalue weighted by molar-refractivity contribution is -0.143. The number of rotatable bonds is 7. The summed E-state index contributed by atoms with van der Waals surface area (Å²) in [5, 5.41) is 3.16. The predicted molar refractivity (Wildman–Crippen MR) is 65.9 cm³/mol. The molecular weight excluding hydrogens is 220 g/mol. The van der Waals surface area contributed by atoms with Crippen molar-refractivity contribution in [2.45, 2.75) is 19.4 Å². The number of methoxy groups -OCH3 is 2. The fraction of sp³-hybridized carbons (Fsp3) is 0.917. The quantitative estimate of drug-likeness (QED) is 0.644. The number of likely N-dealkylation sites (N-methyl/N-ethyl adjacent to an activating group) is 1. The Balaban J connectivity index is 2.37. The maximum absolute atomic E-state index is 11.6. The normalized spacial score (nSPS) is 22.6. The van der Waals surface area contributed by atoms with Gasteiger partial charge in [-0.2, -0.15) is 0 Å². The van der Waals surface area contributed by atoms with Gasteiger partial charge in [-0.25, -0.2) is 0 Å². The summed E-state index contributed by atoms with van der Waals surface area (Å²) in [6.45, 7) is 6.34. The minimum absolute atomic E-state index is 0.179. The van der Waals surface area contributed by atoms with E-state index in [1.54, 1.807) is 7.11 Å². The van der Waals surface area contributed by atoms with Gasteiger partial charge in [0.15, 0.2) is 0 Å². The molecule has 5 heteroatoms. The van der Waals surface area contributed by atoms with Crippen LogP contribution >= 0.6 is 0 Å². The van der Waals surface area contributed by atoms with Gasteiger partial charge in [-0.05, 0) is 25.4 Å². The van der Waals surface area contributed by atoms with Crippen LogP contribution in [-0.2, 0) is 14.3 Å². The molecule has 0 bridgehead atoms. The first-order valence-corrected chi connectivity index (χ1v) is 6.23. The van der Waals surface area contributed by atoms with Crippen LogP contribution in [0.25, 0.3) is 0 Å². The van der Waals surface area contributed by atoms with Gasteiger partial charge in [0.05, 0.1) is 13.7 Å². The van der Waals surface area contributed by atoms with Gasteiger partial charge >= 0.3 is 5.97 Å². The highest BCUT2D eigenvalue weighted by Gasteiger charge is 2.27. The molecule has 1 aliphatic rings. The molecule has 1 rings (SSSR count). The van der Waals surface area contributed by atoms with Crippen LogP contribution in [-0.4, -0.2) is 63.9 Å². The number of nitrogens with one attached hydrogen (secondary N) is 1. The van der Waals surface area contributed by atoms with Crippen LogP contribution in [0.15, 0.2) is 0 Å². The summed E-state index contributed by atoms with van der Waals surface area (Å²) < 4.78 is 9.96. The zero-order chi connectivity index (χ0) is 12.7. The highest BCUT2D eigenvalue weighted by Crippen LogP contribution is 2.16. The monoisotopic (exact) mass is 244 g/mol. The fourth-order valence-electron chi connectivity index (χ4n) is 2.32. The van der Waals surface area contributed by atoms with Crippen molar-refractivity contribution in [2.24, 2.45) is 5.92 Å². The number of esters is 1. The van der Waals surface area contributed by atoms with Gasteiger partial charge in [0.2, 0.25) is 0 Å². The van der Waals surface area contributed by atoms with E-state index in [9.17, 15) is 4.79 Å². The molecule has 0 amide bonds. The van der Waals surface area contributed by atoms with Crippen molar-refractivity contribution in [3.05, 3.63) is 0 Å². The number of hydrogen-bond acceptors (Lipinski definition) is 5. The van der Waals surface area contributed by atoms with Crippen LogP contribution in [0, 0.1) is 5.92 Å². The van der Waals surface area contributed by atoms with Crippen molar-refractivity contribution in [3.63, 3.8) is 0 Å². The molecule has 0 aromatic rings. The van der Waals surface area contributed by atoms with Crippen molar-refractivity contribution < 1.29 is 14.3 Å². The minimum atomic E-state index is -0.216. The van der Waals surface area contributed by atoms with E-state index in [2.05, 4.69) is 10.2 Å². The number of ether oxygens (including phenoxy) is 2. The lowest BCUT2D eigenvalue weighted by Gasteiger charge is -2.22. The van der Waals surface area contributed by atoms with Gasteiger partial charge in [0.25, 0.3) is 0 Å². The molecule has 2 unspecified atom stereocenters. The third-order valence-corrected chi connectivity index (χ3v) is 3.15. The molecule has 1 aliphatic heterocycles. The van der Waals surface area contributed by atoms with E-state index in [1.807, 2.05) is 6.92 Å². The second-order valence-corrected chi connectivity index (χ2v) is 4.50. The van der Waals surface area contributed by atoms with Gasteiger partial charge in [-0.15, -0.1) is 0 Å². The molecular formula is C12H24N2O3. The molecule has 100 valence electrons. The third kappa shape index (κ3) is 4.61. The summed E-state index contributed by atoms with van der Waals surface area (Å²) in [6, 6.07) is -0.216. The number of hydrogen-bond donors (Lipinski definition) is 1. The molecule has 1 saturated heterocycles. The van der Waals surface area contributed by atoms with Gasteiger partial charge in [0, 0.05) is 20.2 Å². The number of carbonyl (C=O) groups excluding carboxylic acids is 1. The van der Waals surface area contributed by atoms with Crippen LogP contribution in [0.1, 0.15) is 13.3 Å². The second kappa shape index (κ2) is 7.63. The second-order valence-electron chi connectivity index (χ2n) is 4.50. The standard InChI is InChI=1S/C12H24N2O3/c1-4-13-11(12(15)17-3)8-14-6-5-10(7-14)9-16-2/h10-11,13H,4-9H2,1-3H3. The Kier molecular flexibility index (Phi) is 6.47. The summed E-state index contributed by atoms with van der Waals surface area (Å²) in [6.07, 6.45) is 1.15. The van der Waals surface area contributed by atoms with Crippen molar-refractivity contribution >= 4 is 5.97 Å². The van der Waals surface area contributed by atoms with E-state index in [1.165, 1.54) is 7.11 Å². The Morgan fingerprint density at radius 2 is 2.29 bits per heavy atom. The van der Waals surface area contributed by atoms with E-state index in [4.69, 9.17) is 9.47 Å². The molecule has 1 fully saturated rings. The van der Waals surface area contributed by atoms with Gasteiger partial charge in [-0.3, -0.25) is 4.79 Å². The predicted octanol–water partition coefficient (Wildman–Crippen LogP) is 0.106. The zero-order valence-electron chi connectivity index (χ0n) is 11.1. The number of nitrogens with zero attached hydrogens (tertiary/aromatic N) is 1. The van der Waals surface area contributed by atoms with Crippen molar-refractivity contribution in [3.8, 4) is 0 Å². The van der Waals surface area contributed by atoms with Gasteiger partial charge in [0.1, 0.15) is 6.04 Å². The van der Waals surface area contributed by atoms with Crippen LogP contribution in [0.2, 0.25) is 0 Å². The molecule has 0 aromatic carbocycles. The van der Waals surface area contributed by atoms with Crippen LogP contribution in [0.4, 0.5) is 0 Å². The van der Waals surface area contributed by atoms with Crippen molar-refractivity contribution in [2.75, 3.05) is 47.0 Å². The minimum Gasteiger partial charge on any atom is -0.468 e. The lowest BCUT2D eigenvalue weighted by Crippen LogP contribution is -2.46. The molecule has 17 heavy (non-hydrogen) atoms. The van der Waals surface area contributed by atoms with Gasteiger partial charge < -0.3 is 19.7 Å². The van der Waals surface area contributed by atoms with Crippen molar-refractivity contribution in [1.82, 2.24) is 10.2 Å². The molecule has 0 aliphatic carbocycles. The Morgan fingerprint density at radius 1 is 1.53 bits per heavy atom. The molecule has 0 spiro atoms. The van der Waals surface area contributed by atoms with Crippen LogP contribution < -0.4 is 5.32 Å². The largest absolute Gasteiger partial charge is 0.468 e. The zero-order valence-corrected chi connectivity index (χ0v) is 11.1. The highest BCUT2D eigenvalue weighted by atomic mass is 16.5. The average molecular weight is 244 g/mol. The topological polar surface area (TPSA) is 50.8 Å². The van der Waals surface area contributed by atoms with E-state index in [0.29, 0.717) is 5.92 Å². The highest BCUT2D eigenvalue weighted by molar-refractivity contribution is 5.75. The van der Waals surface area contributed by atoms with Crippen LogP contribution in [0.3, 0.4) is 0 Å². The summed E-state index contributed by atoms with van der Waals surface area (Å²) in [7, 11) is 3.17. The van der Waals surface area contributed by atoms with E-state index in [-0.39, 0.29) is 12.0 Å². The Bertz CT molecular complexity index is 236. The first-order chi connectivity index (χ1) is 8.21. The fourth-order valence-corrected chi connectivity index (χ4v) is 2.32. The number of carbonyl (C=O) groups is 1.